The Morgan fingerprint density at radius 1 is 1.07 bits per heavy atom. The molecule has 1 aliphatic heterocycles. The Hall–Kier alpha value is -2.09. The Morgan fingerprint density at radius 2 is 1.77 bits per heavy atom. The van der Waals surface area contributed by atoms with Crippen LogP contribution in [-0.4, -0.2) is 38.3 Å². The number of nitrogens with one attached hydrogen (secondary N) is 2. The zero-order valence-corrected chi connectivity index (χ0v) is 18.9. The number of para-hydroxylation sites is 1. The summed E-state index contributed by atoms with van der Waals surface area (Å²) in [5.74, 6) is 0.0193. The van der Waals surface area contributed by atoms with Crippen molar-refractivity contribution in [2.24, 2.45) is 0 Å². The largest absolute Gasteiger partial charge is 0.376 e. The van der Waals surface area contributed by atoms with Gasteiger partial charge in [0.25, 0.3) is 0 Å². The number of carbonyl (C=O) groups excluding carboxylic acids is 1. The first-order chi connectivity index (χ1) is 14.3. The first-order valence-electron chi connectivity index (χ1n) is 10.2. The van der Waals surface area contributed by atoms with E-state index in [2.05, 4.69) is 24.5 Å². The van der Waals surface area contributed by atoms with Crippen LogP contribution in [-0.2, 0) is 14.8 Å². The maximum Gasteiger partial charge on any atom is 0.243 e. The molecule has 0 unspecified atom stereocenters. The van der Waals surface area contributed by atoms with Crippen LogP contribution in [0.5, 0.6) is 0 Å². The standard InChI is InChI=1S/C22H28ClN3O3S/c1-16(2)18-8-4-5-9-20(18)24-15-22(27)25-21-14-17(10-11-19(21)23)30(28,29)26-12-6-3-7-13-26/h4-5,8-11,14,16,24H,3,6-7,12-13,15H2,1-2H3,(H,25,27). The molecule has 2 N–H and O–H groups in total. The van der Waals surface area contributed by atoms with Crippen molar-refractivity contribution in [1.29, 1.82) is 0 Å². The monoisotopic (exact) mass is 449 g/mol. The van der Waals surface area contributed by atoms with E-state index in [0.29, 0.717) is 29.7 Å². The number of carbonyl (C=O) groups is 1. The van der Waals surface area contributed by atoms with Gasteiger partial charge in [-0.25, -0.2) is 8.42 Å². The van der Waals surface area contributed by atoms with E-state index in [1.807, 2.05) is 24.3 Å². The van der Waals surface area contributed by atoms with Gasteiger partial charge in [0.05, 0.1) is 22.2 Å². The number of benzene rings is 2. The molecule has 2 aromatic rings. The van der Waals surface area contributed by atoms with E-state index in [0.717, 1.165) is 30.5 Å². The Kier molecular flexibility index (Phi) is 7.39. The van der Waals surface area contributed by atoms with Crippen molar-refractivity contribution < 1.29 is 13.2 Å². The molecule has 0 bridgehead atoms. The van der Waals surface area contributed by atoms with Gasteiger partial charge in [0, 0.05) is 18.8 Å². The Labute approximate surface area is 183 Å². The maximum absolute atomic E-state index is 12.9. The number of halogens is 1. The molecule has 0 aromatic heterocycles. The van der Waals surface area contributed by atoms with Gasteiger partial charge in [-0.15, -0.1) is 0 Å². The van der Waals surface area contributed by atoms with Gasteiger partial charge < -0.3 is 10.6 Å². The number of rotatable bonds is 7. The molecule has 0 spiro atoms. The van der Waals surface area contributed by atoms with Crippen molar-refractivity contribution in [2.75, 3.05) is 30.3 Å². The van der Waals surface area contributed by atoms with E-state index in [-0.39, 0.29) is 17.3 Å². The summed E-state index contributed by atoms with van der Waals surface area (Å²) in [7, 11) is -3.60. The molecule has 0 aliphatic carbocycles. The Morgan fingerprint density at radius 3 is 2.47 bits per heavy atom. The highest BCUT2D eigenvalue weighted by atomic mass is 35.5. The van der Waals surface area contributed by atoms with Gasteiger partial charge in [0.2, 0.25) is 15.9 Å². The highest BCUT2D eigenvalue weighted by molar-refractivity contribution is 7.89. The molecule has 2 aromatic carbocycles. The average Bonchev–Trinajstić information content (AvgIpc) is 2.74. The molecule has 3 rings (SSSR count). The van der Waals surface area contributed by atoms with Gasteiger partial charge in [0.1, 0.15) is 0 Å². The van der Waals surface area contributed by atoms with Gasteiger partial charge in [-0.3, -0.25) is 4.79 Å². The third-order valence-corrected chi connectivity index (χ3v) is 7.41. The van der Waals surface area contributed by atoms with Crippen molar-refractivity contribution in [3.05, 3.63) is 53.1 Å². The summed E-state index contributed by atoms with van der Waals surface area (Å²) in [6.45, 7) is 5.27. The lowest BCUT2D eigenvalue weighted by Gasteiger charge is -2.26. The highest BCUT2D eigenvalue weighted by Gasteiger charge is 2.26. The molecule has 0 saturated carbocycles. The first kappa shape index (κ1) is 22.6. The lowest BCUT2D eigenvalue weighted by molar-refractivity contribution is -0.114. The fourth-order valence-corrected chi connectivity index (χ4v) is 5.25. The molecule has 1 saturated heterocycles. The van der Waals surface area contributed by atoms with Crippen LogP contribution in [0.2, 0.25) is 5.02 Å². The van der Waals surface area contributed by atoms with Crippen LogP contribution in [0.1, 0.15) is 44.6 Å². The number of hydrogen-bond donors (Lipinski definition) is 2. The normalized spacial score (nSPS) is 15.2. The first-order valence-corrected chi connectivity index (χ1v) is 12.0. The molecule has 8 heteroatoms. The zero-order chi connectivity index (χ0) is 21.7. The predicted molar refractivity (Wildman–Crippen MR) is 122 cm³/mol. The SMILES string of the molecule is CC(C)c1ccccc1NCC(=O)Nc1cc(S(=O)(=O)N2CCCCC2)ccc1Cl. The van der Waals surface area contributed by atoms with Crippen molar-refractivity contribution in [3.63, 3.8) is 0 Å². The van der Waals surface area contributed by atoms with Crippen molar-refractivity contribution in [3.8, 4) is 0 Å². The third-order valence-electron chi connectivity index (χ3n) is 5.19. The van der Waals surface area contributed by atoms with Crippen molar-refractivity contribution >= 4 is 38.9 Å². The minimum atomic E-state index is -3.60. The topological polar surface area (TPSA) is 78.5 Å². The summed E-state index contributed by atoms with van der Waals surface area (Å²) in [6, 6.07) is 12.3. The molecule has 0 atom stereocenters. The second kappa shape index (κ2) is 9.81. The van der Waals surface area contributed by atoms with Crippen molar-refractivity contribution in [1.82, 2.24) is 4.31 Å². The summed E-state index contributed by atoms with van der Waals surface area (Å²) in [5, 5.41) is 6.17. The van der Waals surface area contributed by atoms with E-state index in [1.54, 1.807) is 0 Å². The lowest BCUT2D eigenvalue weighted by atomic mass is 10.0. The minimum Gasteiger partial charge on any atom is -0.376 e. The van der Waals surface area contributed by atoms with Gasteiger partial charge in [-0.2, -0.15) is 4.31 Å². The highest BCUT2D eigenvalue weighted by Crippen LogP contribution is 2.28. The van der Waals surface area contributed by atoms with Crippen LogP contribution in [0.15, 0.2) is 47.4 Å². The van der Waals surface area contributed by atoms with Crippen molar-refractivity contribution in [2.45, 2.75) is 43.9 Å². The summed E-state index contributed by atoms with van der Waals surface area (Å²) in [4.78, 5) is 12.6. The molecule has 0 radical (unpaired) electrons. The number of nitrogens with zero attached hydrogens (tertiary/aromatic N) is 1. The van der Waals surface area contributed by atoms with Crippen LogP contribution in [0.4, 0.5) is 11.4 Å². The minimum absolute atomic E-state index is 0.0448. The Balaban J connectivity index is 1.71. The molecule has 30 heavy (non-hydrogen) atoms. The third kappa shape index (κ3) is 5.33. The summed E-state index contributed by atoms with van der Waals surface area (Å²) in [6.07, 6.45) is 2.76. The maximum atomic E-state index is 12.9. The van der Waals surface area contributed by atoms with Gasteiger partial charge in [-0.05, 0) is 48.6 Å². The van der Waals surface area contributed by atoms with E-state index in [9.17, 15) is 13.2 Å². The van der Waals surface area contributed by atoms with Gasteiger partial charge in [-0.1, -0.05) is 50.1 Å². The number of amides is 1. The predicted octanol–water partition coefficient (Wildman–Crippen LogP) is 4.69. The Bertz CT molecular complexity index is 1000. The summed E-state index contributed by atoms with van der Waals surface area (Å²) < 4.78 is 27.3. The van der Waals surface area contributed by atoms with Crippen LogP contribution in [0.25, 0.3) is 0 Å². The summed E-state index contributed by atoms with van der Waals surface area (Å²) >= 11 is 6.22. The second-order valence-electron chi connectivity index (χ2n) is 7.75. The number of sulfonamides is 1. The zero-order valence-electron chi connectivity index (χ0n) is 17.3. The van der Waals surface area contributed by atoms with Crippen LogP contribution < -0.4 is 10.6 Å². The van der Waals surface area contributed by atoms with E-state index < -0.39 is 10.0 Å². The fourth-order valence-electron chi connectivity index (χ4n) is 3.55. The quantitative estimate of drug-likeness (QED) is 0.642. The molecular formula is C22H28ClN3O3S. The molecule has 1 heterocycles. The molecule has 6 nitrogen and oxygen atoms in total. The summed E-state index contributed by atoms with van der Waals surface area (Å²) in [5.41, 5.74) is 2.31. The molecule has 162 valence electrons. The molecular weight excluding hydrogens is 422 g/mol. The second-order valence-corrected chi connectivity index (χ2v) is 10.1. The lowest BCUT2D eigenvalue weighted by Crippen LogP contribution is -2.35. The van der Waals surface area contributed by atoms with Crippen LogP contribution in [0.3, 0.4) is 0 Å². The van der Waals surface area contributed by atoms with E-state index >= 15 is 0 Å². The van der Waals surface area contributed by atoms with E-state index in [4.69, 9.17) is 11.6 Å². The average molecular weight is 450 g/mol. The van der Waals surface area contributed by atoms with Crippen LogP contribution in [0, 0.1) is 0 Å². The number of anilines is 2. The van der Waals surface area contributed by atoms with Crippen LogP contribution >= 0.6 is 11.6 Å². The smallest absolute Gasteiger partial charge is 0.243 e. The molecule has 1 fully saturated rings. The number of hydrogen-bond acceptors (Lipinski definition) is 4. The number of piperidine rings is 1. The van der Waals surface area contributed by atoms with E-state index in [1.165, 1.54) is 22.5 Å². The van der Waals surface area contributed by atoms with Gasteiger partial charge >= 0.3 is 0 Å². The van der Waals surface area contributed by atoms with Gasteiger partial charge in [0.15, 0.2) is 0 Å². The molecule has 1 amide bonds. The molecule has 1 aliphatic rings. The fraction of sp³-hybridized carbons (Fsp3) is 0.409.